The summed E-state index contributed by atoms with van der Waals surface area (Å²) in [6, 6.07) is 7.23. The molecule has 0 heterocycles. The first-order valence-corrected chi connectivity index (χ1v) is 5.39. The zero-order chi connectivity index (χ0) is 14.0. The van der Waals surface area contributed by atoms with Crippen molar-refractivity contribution in [2.24, 2.45) is 0 Å². The van der Waals surface area contributed by atoms with E-state index < -0.39 is 17.6 Å². The predicted molar refractivity (Wildman–Crippen MR) is 64.8 cm³/mol. The number of hydrogen-bond acceptors (Lipinski definition) is 3. The van der Waals surface area contributed by atoms with Gasteiger partial charge in [-0.3, -0.25) is 0 Å². The quantitative estimate of drug-likeness (QED) is 0.848. The topological polar surface area (TPSA) is 46.5 Å². The Morgan fingerprint density at radius 2 is 1.84 bits per heavy atom. The van der Waals surface area contributed by atoms with E-state index in [1.165, 1.54) is 24.3 Å². The van der Waals surface area contributed by atoms with Crippen LogP contribution in [0.4, 0.5) is 8.78 Å². The van der Waals surface area contributed by atoms with Gasteiger partial charge in [0.2, 0.25) is 0 Å². The fourth-order valence-electron chi connectivity index (χ4n) is 1.70. The van der Waals surface area contributed by atoms with Crippen molar-refractivity contribution in [3.8, 4) is 16.9 Å². The van der Waals surface area contributed by atoms with Gasteiger partial charge in [-0.05, 0) is 29.8 Å². The lowest BCUT2D eigenvalue weighted by molar-refractivity contribution is 0.0595. The summed E-state index contributed by atoms with van der Waals surface area (Å²) in [7, 11) is 1.15. The first kappa shape index (κ1) is 13.0. The van der Waals surface area contributed by atoms with Crippen molar-refractivity contribution in [3.05, 3.63) is 53.6 Å². The molecule has 0 spiro atoms. The lowest BCUT2D eigenvalue weighted by Crippen LogP contribution is -2.04. The summed E-state index contributed by atoms with van der Waals surface area (Å²) in [5.74, 6) is -2.48. The van der Waals surface area contributed by atoms with Gasteiger partial charge in [-0.15, -0.1) is 0 Å². The van der Waals surface area contributed by atoms with Gasteiger partial charge in [-0.25, -0.2) is 13.6 Å². The van der Waals surface area contributed by atoms with Crippen molar-refractivity contribution in [1.82, 2.24) is 0 Å². The first-order chi connectivity index (χ1) is 9.02. The molecule has 0 atom stereocenters. The summed E-state index contributed by atoms with van der Waals surface area (Å²) in [5, 5.41) is 9.11. The molecule has 5 heteroatoms. The van der Waals surface area contributed by atoms with Crippen molar-refractivity contribution < 1.29 is 23.4 Å². The molecule has 1 N–H and O–H groups in total. The molecule has 0 aliphatic rings. The Labute approximate surface area is 108 Å². The van der Waals surface area contributed by atoms with Crippen LogP contribution in [0.3, 0.4) is 0 Å². The second-order valence-corrected chi connectivity index (χ2v) is 3.85. The predicted octanol–water partition coefficient (Wildman–Crippen LogP) is 3.12. The van der Waals surface area contributed by atoms with Gasteiger partial charge in [0.1, 0.15) is 17.4 Å². The van der Waals surface area contributed by atoms with Gasteiger partial charge in [0, 0.05) is 11.6 Å². The molecule has 0 aliphatic carbocycles. The Balaban J connectivity index is 2.47. The maximum Gasteiger partial charge on any atom is 0.340 e. The van der Waals surface area contributed by atoms with Crippen LogP contribution in [0.2, 0.25) is 0 Å². The summed E-state index contributed by atoms with van der Waals surface area (Å²) in [6.45, 7) is 0. The smallest absolute Gasteiger partial charge is 0.340 e. The number of aromatic hydroxyl groups is 1. The average Bonchev–Trinajstić information content (AvgIpc) is 2.37. The molecular formula is C14H10F2O3. The van der Waals surface area contributed by atoms with E-state index >= 15 is 0 Å². The van der Waals surface area contributed by atoms with E-state index in [-0.39, 0.29) is 22.4 Å². The summed E-state index contributed by atoms with van der Waals surface area (Å²) in [6.07, 6.45) is 0. The minimum absolute atomic E-state index is 0.133. The molecule has 98 valence electrons. The molecule has 0 aliphatic heterocycles. The van der Waals surface area contributed by atoms with E-state index in [1.54, 1.807) is 0 Å². The highest BCUT2D eigenvalue weighted by molar-refractivity contribution is 5.90. The molecular weight excluding hydrogens is 254 g/mol. The van der Waals surface area contributed by atoms with Gasteiger partial charge in [0.05, 0.1) is 12.7 Å². The largest absolute Gasteiger partial charge is 0.508 e. The Morgan fingerprint density at radius 1 is 1.11 bits per heavy atom. The van der Waals surface area contributed by atoms with Crippen LogP contribution in [0.5, 0.6) is 5.75 Å². The zero-order valence-corrected chi connectivity index (χ0v) is 9.98. The summed E-state index contributed by atoms with van der Waals surface area (Å²) in [4.78, 5) is 11.2. The second-order valence-electron chi connectivity index (χ2n) is 3.85. The number of rotatable bonds is 2. The van der Waals surface area contributed by atoms with Gasteiger partial charge < -0.3 is 9.84 Å². The van der Waals surface area contributed by atoms with Crippen molar-refractivity contribution in [3.63, 3.8) is 0 Å². The molecule has 0 amide bonds. The molecule has 0 unspecified atom stereocenters. The third-order valence-electron chi connectivity index (χ3n) is 2.64. The number of ether oxygens (including phenoxy) is 1. The number of benzene rings is 2. The maximum atomic E-state index is 13.7. The normalized spacial score (nSPS) is 10.3. The number of carbonyl (C=O) groups excluding carboxylic acids is 1. The van der Waals surface area contributed by atoms with Gasteiger partial charge in [-0.2, -0.15) is 0 Å². The van der Waals surface area contributed by atoms with E-state index in [0.717, 1.165) is 19.2 Å². The Bertz CT molecular complexity index is 639. The van der Waals surface area contributed by atoms with Gasteiger partial charge in [-0.1, -0.05) is 6.07 Å². The monoisotopic (exact) mass is 264 g/mol. The molecule has 0 saturated carbocycles. The second kappa shape index (κ2) is 5.06. The number of hydrogen-bond donors (Lipinski definition) is 1. The van der Waals surface area contributed by atoms with Crippen molar-refractivity contribution in [2.75, 3.05) is 7.11 Å². The van der Waals surface area contributed by atoms with Crippen LogP contribution in [0.1, 0.15) is 10.4 Å². The highest BCUT2D eigenvalue weighted by Gasteiger charge is 2.14. The number of phenolic OH excluding ortho intramolecular Hbond substituents is 1. The van der Waals surface area contributed by atoms with E-state index in [0.29, 0.717) is 0 Å². The molecule has 0 bridgehead atoms. The number of esters is 1. The molecule has 0 radical (unpaired) electrons. The van der Waals surface area contributed by atoms with Crippen molar-refractivity contribution >= 4 is 5.97 Å². The first-order valence-electron chi connectivity index (χ1n) is 5.39. The lowest BCUT2D eigenvalue weighted by Gasteiger charge is -2.06. The van der Waals surface area contributed by atoms with Gasteiger partial charge in [0.15, 0.2) is 0 Å². The van der Waals surface area contributed by atoms with Crippen LogP contribution in [0, 0.1) is 11.6 Å². The summed E-state index contributed by atoms with van der Waals surface area (Å²) in [5.41, 5.74) is 0.182. The van der Waals surface area contributed by atoms with Crippen LogP contribution in [-0.2, 0) is 4.74 Å². The van der Waals surface area contributed by atoms with E-state index in [2.05, 4.69) is 4.74 Å². The fourth-order valence-corrected chi connectivity index (χ4v) is 1.70. The molecule has 2 rings (SSSR count). The summed E-state index contributed by atoms with van der Waals surface area (Å²) < 4.78 is 31.7. The molecule has 0 fully saturated rings. The van der Waals surface area contributed by atoms with E-state index in [1.807, 2.05) is 0 Å². The SMILES string of the molecule is COC(=O)c1ccc(-c2ccc(O)cc2F)cc1F. The average molecular weight is 264 g/mol. The third-order valence-corrected chi connectivity index (χ3v) is 2.64. The van der Waals surface area contributed by atoms with Gasteiger partial charge in [0.25, 0.3) is 0 Å². The highest BCUT2D eigenvalue weighted by Crippen LogP contribution is 2.27. The number of phenols is 1. The zero-order valence-electron chi connectivity index (χ0n) is 9.98. The lowest BCUT2D eigenvalue weighted by atomic mass is 10.0. The molecule has 2 aromatic rings. The van der Waals surface area contributed by atoms with E-state index in [4.69, 9.17) is 5.11 Å². The third kappa shape index (κ3) is 2.54. The Hall–Kier alpha value is -2.43. The fraction of sp³-hybridized carbons (Fsp3) is 0.0714. The molecule has 0 saturated heterocycles. The molecule has 2 aromatic carbocycles. The highest BCUT2D eigenvalue weighted by atomic mass is 19.1. The van der Waals surface area contributed by atoms with Crippen LogP contribution in [-0.4, -0.2) is 18.2 Å². The number of methoxy groups -OCH3 is 1. The van der Waals surface area contributed by atoms with Crippen LogP contribution in [0.15, 0.2) is 36.4 Å². The molecule has 19 heavy (non-hydrogen) atoms. The van der Waals surface area contributed by atoms with Crippen LogP contribution < -0.4 is 0 Å². The minimum Gasteiger partial charge on any atom is -0.508 e. The molecule has 3 nitrogen and oxygen atoms in total. The van der Waals surface area contributed by atoms with Crippen LogP contribution >= 0.6 is 0 Å². The van der Waals surface area contributed by atoms with Crippen molar-refractivity contribution in [1.29, 1.82) is 0 Å². The molecule has 0 aromatic heterocycles. The standard InChI is InChI=1S/C14H10F2O3/c1-19-14(18)11-4-2-8(6-12(11)15)10-5-3-9(17)7-13(10)16/h2-7,17H,1H3. The summed E-state index contributed by atoms with van der Waals surface area (Å²) >= 11 is 0. The van der Waals surface area contributed by atoms with Gasteiger partial charge >= 0.3 is 5.97 Å². The number of carbonyl (C=O) groups is 1. The Morgan fingerprint density at radius 3 is 2.42 bits per heavy atom. The Kier molecular flexibility index (Phi) is 3.46. The van der Waals surface area contributed by atoms with E-state index in [9.17, 15) is 13.6 Å². The number of halogens is 2. The van der Waals surface area contributed by atoms with Crippen molar-refractivity contribution in [2.45, 2.75) is 0 Å². The van der Waals surface area contributed by atoms with Crippen LogP contribution in [0.25, 0.3) is 11.1 Å². The minimum atomic E-state index is -0.796. The maximum absolute atomic E-state index is 13.7.